The fourth-order valence-corrected chi connectivity index (χ4v) is 3.29. The van der Waals surface area contributed by atoms with Crippen LogP contribution in [0.3, 0.4) is 0 Å². The molecule has 9 nitrogen and oxygen atoms in total. The molecule has 0 bridgehead atoms. The fourth-order valence-electron chi connectivity index (χ4n) is 3.29. The monoisotopic (exact) mass is 404 g/mol. The molecule has 150 valence electrons. The molecule has 1 aromatic carbocycles. The third-order valence-electron chi connectivity index (χ3n) is 4.86. The molecule has 3 aromatic rings. The Hall–Kier alpha value is -2.36. The van der Waals surface area contributed by atoms with E-state index in [-0.39, 0.29) is 30.4 Å². The number of likely N-dealkylation sites (N-methyl/N-ethyl adjacent to an activating group) is 1. The van der Waals surface area contributed by atoms with Gasteiger partial charge >= 0.3 is 0 Å². The minimum atomic E-state index is -0.266. The van der Waals surface area contributed by atoms with Gasteiger partial charge in [0.25, 0.3) is 5.89 Å². The molecule has 0 radical (unpaired) electrons. The van der Waals surface area contributed by atoms with Crippen LogP contribution in [-0.4, -0.2) is 61.9 Å². The van der Waals surface area contributed by atoms with Crippen LogP contribution in [0, 0.1) is 5.92 Å². The first-order valence-corrected chi connectivity index (χ1v) is 9.23. The van der Waals surface area contributed by atoms with Crippen molar-refractivity contribution in [1.82, 2.24) is 40.6 Å². The second kappa shape index (κ2) is 8.76. The van der Waals surface area contributed by atoms with E-state index >= 15 is 0 Å². The van der Waals surface area contributed by atoms with E-state index in [1.165, 1.54) is 0 Å². The third-order valence-corrected chi connectivity index (χ3v) is 4.86. The molecule has 3 heterocycles. The second-order valence-corrected chi connectivity index (χ2v) is 7.18. The number of aromatic nitrogens is 6. The van der Waals surface area contributed by atoms with Crippen LogP contribution in [0.4, 0.5) is 0 Å². The van der Waals surface area contributed by atoms with Gasteiger partial charge in [-0.1, -0.05) is 49.3 Å². The van der Waals surface area contributed by atoms with Crippen LogP contribution in [0.5, 0.6) is 0 Å². The highest BCUT2D eigenvalue weighted by Crippen LogP contribution is 2.27. The molecule has 2 atom stereocenters. The van der Waals surface area contributed by atoms with Crippen molar-refractivity contribution in [1.29, 1.82) is 0 Å². The molecular weight excluding hydrogens is 380 g/mol. The summed E-state index contributed by atoms with van der Waals surface area (Å²) in [6.45, 7) is 6.88. The van der Waals surface area contributed by atoms with Crippen molar-refractivity contribution in [3.63, 3.8) is 0 Å². The number of nitrogens with one attached hydrogen (secondary N) is 1. The molecule has 1 aliphatic heterocycles. The van der Waals surface area contributed by atoms with Crippen LogP contribution >= 0.6 is 12.4 Å². The molecule has 1 fully saturated rings. The van der Waals surface area contributed by atoms with Crippen LogP contribution in [0.2, 0.25) is 0 Å². The Labute approximate surface area is 169 Å². The molecule has 0 aliphatic carbocycles. The summed E-state index contributed by atoms with van der Waals surface area (Å²) in [5.74, 6) is 1.94. The van der Waals surface area contributed by atoms with Crippen LogP contribution < -0.4 is 5.32 Å². The number of piperazine rings is 1. The van der Waals surface area contributed by atoms with E-state index < -0.39 is 0 Å². The molecule has 4 rings (SSSR count). The van der Waals surface area contributed by atoms with Gasteiger partial charge in [-0.15, -0.1) is 22.6 Å². The molecule has 0 spiro atoms. The smallest absolute Gasteiger partial charge is 0.253 e. The van der Waals surface area contributed by atoms with Crippen molar-refractivity contribution in [2.75, 3.05) is 26.7 Å². The van der Waals surface area contributed by atoms with Crippen molar-refractivity contribution in [3.8, 4) is 11.4 Å². The largest absolute Gasteiger partial charge is 0.337 e. The Balaban J connectivity index is 0.00000225. The summed E-state index contributed by atoms with van der Waals surface area (Å²) in [6.07, 6.45) is 0. The van der Waals surface area contributed by atoms with Crippen LogP contribution in [0.1, 0.15) is 37.6 Å². The Morgan fingerprint density at radius 1 is 1.21 bits per heavy atom. The zero-order chi connectivity index (χ0) is 18.8. The highest BCUT2D eigenvalue weighted by molar-refractivity contribution is 5.85. The van der Waals surface area contributed by atoms with Gasteiger partial charge in [0.15, 0.2) is 11.9 Å². The topological polar surface area (TPSA) is 97.8 Å². The number of halogens is 1. The molecule has 10 heteroatoms. The van der Waals surface area contributed by atoms with E-state index in [4.69, 9.17) is 4.52 Å². The number of nitrogens with zero attached hydrogens (tertiary/aromatic N) is 7. The van der Waals surface area contributed by atoms with Crippen molar-refractivity contribution >= 4 is 12.4 Å². The quantitative estimate of drug-likeness (QED) is 0.689. The van der Waals surface area contributed by atoms with E-state index in [1.54, 1.807) is 4.80 Å². The van der Waals surface area contributed by atoms with Gasteiger partial charge in [0, 0.05) is 25.2 Å². The lowest BCUT2D eigenvalue weighted by Gasteiger charge is -2.30. The average Bonchev–Trinajstić information content (AvgIpc) is 3.33. The van der Waals surface area contributed by atoms with Gasteiger partial charge in [-0.3, -0.25) is 4.90 Å². The molecular formula is C18H25ClN8O. The van der Waals surface area contributed by atoms with Gasteiger partial charge in [0.05, 0.1) is 6.04 Å². The maximum atomic E-state index is 5.61. The van der Waals surface area contributed by atoms with Crippen molar-refractivity contribution in [2.24, 2.45) is 5.92 Å². The fraction of sp³-hybridized carbons (Fsp3) is 0.500. The van der Waals surface area contributed by atoms with E-state index in [0.717, 1.165) is 25.2 Å². The number of hydrogen-bond acceptors (Lipinski definition) is 8. The Morgan fingerprint density at radius 3 is 2.71 bits per heavy atom. The van der Waals surface area contributed by atoms with Crippen molar-refractivity contribution in [2.45, 2.75) is 25.9 Å². The molecule has 1 saturated heterocycles. The minimum Gasteiger partial charge on any atom is -0.337 e. The molecule has 1 aliphatic rings. The highest BCUT2D eigenvalue weighted by Gasteiger charge is 2.31. The zero-order valence-electron chi connectivity index (χ0n) is 16.2. The standard InChI is InChI=1S/C18H24N8O.ClH/c1-12(2)15(26-22-16(21-24-26)13-7-5-4-6-8-13)18-20-17(23-27-18)14-11-19-9-10-25(14)3;/h4-8,12,14-15,19H,9-11H2,1-3H3;1H. The van der Waals surface area contributed by atoms with Crippen molar-refractivity contribution in [3.05, 3.63) is 42.0 Å². The molecule has 0 saturated carbocycles. The van der Waals surface area contributed by atoms with Gasteiger partial charge in [0.2, 0.25) is 5.82 Å². The first-order chi connectivity index (χ1) is 13.1. The summed E-state index contributed by atoms with van der Waals surface area (Å²) in [6, 6.07) is 9.63. The number of tetrazole rings is 1. The normalized spacial score (nSPS) is 18.8. The van der Waals surface area contributed by atoms with Crippen LogP contribution in [0.25, 0.3) is 11.4 Å². The number of rotatable bonds is 5. The van der Waals surface area contributed by atoms with Crippen LogP contribution in [0.15, 0.2) is 34.9 Å². The second-order valence-electron chi connectivity index (χ2n) is 7.18. The summed E-state index contributed by atoms with van der Waals surface area (Å²) >= 11 is 0. The van der Waals surface area contributed by atoms with Crippen molar-refractivity contribution < 1.29 is 4.52 Å². The predicted molar refractivity (Wildman–Crippen MR) is 106 cm³/mol. The first-order valence-electron chi connectivity index (χ1n) is 9.23. The van der Waals surface area contributed by atoms with Gasteiger partial charge in [0.1, 0.15) is 0 Å². The molecule has 2 unspecified atom stereocenters. The van der Waals surface area contributed by atoms with E-state index in [9.17, 15) is 0 Å². The summed E-state index contributed by atoms with van der Waals surface area (Å²) in [4.78, 5) is 8.49. The van der Waals surface area contributed by atoms with Crippen LogP contribution in [-0.2, 0) is 0 Å². The molecule has 28 heavy (non-hydrogen) atoms. The Bertz CT molecular complexity index is 881. The van der Waals surface area contributed by atoms with Gasteiger partial charge in [-0.05, 0) is 18.2 Å². The lowest BCUT2D eigenvalue weighted by molar-refractivity contribution is 0.189. The summed E-state index contributed by atoms with van der Waals surface area (Å²) in [5.41, 5.74) is 0.923. The van der Waals surface area contributed by atoms with Gasteiger partial charge < -0.3 is 9.84 Å². The molecule has 2 aromatic heterocycles. The van der Waals surface area contributed by atoms with E-state index in [2.05, 4.69) is 56.7 Å². The summed E-state index contributed by atoms with van der Waals surface area (Å²) < 4.78 is 5.61. The number of benzene rings is 1. The molecule has 0 amide bonds. The average molecular weight is 405 g/mol. The predicted octanol–water partition coefficient (Wildman–Crippen LogP) is 1.97. The van der Waals surface area contributed by atoms with Gasteiger partial charge in [-0.2, -0.15) is 9.78 Å². The molecule has 1 N–H and O–H groups in total. The number of hydrogen-bond donors (Lipinski definition) is 1. The Kier molecular flexibility index (Phi) is 6.38. The van der Waals surface area contributed by atoms with E-state index in [0.29, 0.717) is 17.5 Å². The lowest BCUT2D eigenvalue weighted by Crippen LogP contribution is -2.44. The minimum absolute atomic E-state index is 0. The SMILES string of the molecule is CC(C)C(c1nc(C2CNCCN2C)no1)n1nnc(-c2ccccc2)n1.Cl. The maximum Gasteiger partial charge on any atom is 0.253 e. The lowest BCUT2D eigenvalue weighted by atomic mass is 10.1. The summed E-state index contributed by atoms with van der Waals surface area (Å²) in [7, 11) is 2.08. The van der Waals surface area contributed by atoms with E-state index in [1.807, 2.05) is 30.3 Å². The third kappa shape index (κ3) is 4.06. The first kappa shape index (κ1) is 20.4. The zero-order valence-corrected chi connectivity index (χ0v) is 17.0. The highest BCUT2D eigenvalue weighted by atomic mass is 35.5. The Morgan fingerprint density at radius 2 is 2.00 bits per heavy atom. The van der Waals surface area contributed by atoms with Gasteiger partial charge in [-0.25, -0.2) is 0 Å². The summed E-state index contributed by atoms with van der Waals surface area (Å²) in [5, 5.41) is 20.6. The maximum absolute atomic E-state index is 5.61.